The van der Waals surface area contributed by atoms with Crippen molar-refractivity contribution in [1.29, 1.82) is 0 Å². The summed E-state index contributed by atoms with van der Waals surface area (Å²) < 4.78 is 36.9. The molecular formula is C15H8F2N3O2S+. The van der Waals surface area contributed by atoms with Crippen LogP contribution in [0.15, 0.2) is 42.7 Å². The number of phenolic OH excluding ortho intramolecular Hbond substituents is 1. The van der Waals surface area contributed by atoms with Gasteiger partial charge in [0.1, 0.15) is 0 Å². The molecule has 23 heavy (non-hydrogen) atoms. The maximum atomic E-state index is 14.1. The minimum absolute atomic E-state index is 0.0429. The van der Waals surface area contributed by atoms with Gasteiger partial charge < -0.3 is 9.84 Å². The Morgan fingerprint density at radius 2 is 1.96 bits per heavy atom. The van der Waals surface area contributed by atoms with Gasteiger partial charge in [-0.3, -0.25) is 0 Å². The number of aromatic hydroxyl groups is 1. The average Bonchev–Trinajstić information content (AvgIpc) is 3.06. The summed E-state index contributed by atoms with van der Waals surface area (Å²) in [4.78, 5) is 7.64. The molecule has 0 fully saturated rings. The first-order valence-corrected chi connectivity index (χ1v) is 7.10. The van der Waals surface area contributed by atoms with E-state index in [2.05, 4.69) is 20.3 Å². The molecule has 114 valence electrons. The van der Waals surface area contributed by atoms with Gasteiger partial charge in [0.15, 0.2) is 34.4 Å². The quantitative estimate of drug-likeness (QED) is 0.759. The number of halogens is 2. The minimum Gasteiger partial charge on any atom is -0.505 e. The largest absolute Gasteiger partial charge is 0.505 e. The number of rotatable bonds is 2. The first kappa shape index (κ1) is 14.9. The summed E-state index contributed by atoms with van der Waals surface area (Å²) in [6.07, 6.45) is 1.29. The van der Waals surface area contributed by atoms with Gasteiger partial charge in [0.25, 0.3) is 0 Å². The van der Waals surface area contributed by atoms with Crippen LogP contribution in [-0.4, -0.2) is 14.5 Å². The minimum atomic E-state index is -0.980. The second-order valence-electron chi connectivity index (χ2n) is 4.25. The lowest BCUT2D eigenvalue weighted by molar-refractivity contribution is 0.414. The van der Waals surface area contributed by atoms with Gasteiger partial charge in [0.05, 0.1) is 11.5 Å². The van der Waals surface area contributed by atoms with Crippen molar-refractivity contribution in [3.63, 3.8) is 0 Å². The van der Waals surface area contributed by atoms with Gasteiger partial charge in [0, 0.05) is 4.98 Å². The van der Waals surface area contributed by atoms with E-state index in [1.165, 1.54) is 30.6 Å². The van der Waals surface area contributed by atoms with Gasteiger partial charge in [-0.25, -0.2) is 8.78 Å². The highest BCUT2D eigenvalue weighted by Gasteiger charge is 2.18. The number of phenols is 1. The summed E-state index contributed by atoms with van der Waals surface area (Å²) >= 11 is 0.988. The second kappa shape index (κ2) is 6.37. The highest BCUT2D eigenvalue weighted by atomic mass is 32.1. The molecule has 0 unspecified atom stereocenters. The Balaban J connectivity index is 2.03. The molecule has 0 spiro atoms. The summed E-state index contributed by atoms with van der Waals surface area (Å²) in [6.45, 7) is 0. The van der Waals surface area contributed by atoms with Crippen LogP contribution in [0.4, 0.5) is 13.9 Å². The molecule has 0 bridgehead atoms. The molecule has 0 radical (unpaired) electrons. The zero-order valence-electron chi connectivity index (χ0n) is 11.4. The Morgan fingerprint density at radius 1 is 1.13 bits per heavy atom. The maximum Gasteiger partial charge on any atom is 0.504 e. The topological polar surface area (TPSA) is 59.6 Å². The van der Waals surface area contributed by atoms with Crippen LogP contribution in [0, 0.1) is 17.7 Å². The van der Waals surface area contributed by atoms with Crippen LogP contribution in [0.1, 0.15) is 5.56 Å². The van der Waals surface area contributed by atoms with Crippen LogP contribution in [0.2, 0.25) is 0 Å². The van der Waals surface area contributed by atoms with Gasteiger partial charge in [-0.05, 0) is 24.3 Å². The number of aromatic nitrogens is 2. The molecular weight excluding hydrogens is 324 g/mol. The summed E-state index contributed by atoms with van der Waals surface area (Å²) in [6, 6.07) is 10.5. The van der Waals surface area contributed by atoms with E-state index in [1.807, 2.05) is 0 Å². The van der Waals surface area contributed by atoms with E-state index in [1.54, 1.807) is 6.07 Å². The smallest absolute Gasteiger partial charge is 0.504 e. The van der Waals surface area contributed by atoms with Gasteiger partial charge in [-0.1, -0.05) is 12.1 Å². The lowest BCUT2D eigenvalue weighted by atomic mass is 10.2. The summed E-state index contributed by atoms with van der Waals surface area (Å²) in [7, 11) is 0. The molecule has 1 N–H and O–H groups in total. The van der Waals surface area contributed by atoms with Crippen LogP contribution >= 0.6 is 11.5 Å². The normalized spacial score (nSPS) is 10.0. The summed E-state index contributed by atoms with van der Waals surface area (Å²) in [5, 5.41) is 9.75. The van der Waals surface area contributed by atoms with Gasteiger partial charge in [-0.2, -0.15) is 0 Å². The molecule has 0 amide bonds. The van der Waals surface area contributed by atoms with Gasteiger partial charge >= 0.3 is 5.13 Å². The van der Waals surface area contributed by atoms with Crippen LogP contribution in [0.3, 0.4) is 0 Å². The molecule has 0 aliphatic carbocycles. The number of hydrogen-bond acceptors (Lipinski definition) is 5. The molecule has 0 atom stereocenters. The fourth-order valence-electron chi connectivity index (χ4n) is 1.70. The van der Waals surface area contributed by atoms with E-state index in [9.17, 15) is 13.9 Å². The molecule has 1 aromatic heterocycles. The summed E-state index contributed by atoms with van der Waals surface area (Å²) in [5.74, 6) is -2.31. The van der Waals surface area contributed by atoms with Crippen molar-refractivity contribution < 1.29 is 18.6 Å². The number of hydrogen-bond donors (Lipinski definition) is 1. The molecule has 0 saturated carbocycles. The molecule has 0 saturated heterocycles. The Labute approximate surface area is 133 Å². The Hall–Kier alpha value is -3.05. The van der Waals surface area contributed by atoms with Crippen LogP contribution in [0.5, 0.6) is 17.2 Å². The van der Waals surface area contributed by atoms with Gasteiger partial charge in [0.2, 0.25) is 12.4 Å². The predicted octanol–water partition coefficient (Wildman–Crippen LogP) is 4.33. The average molecular weight is 332 g/mol. The van der Waals surface area contributed by atoms with E-state index >= 15 is 0 Å². The van der Waals surface area contributed by atoms with E-state index in [0.717, 1.165) is 17.6 Å². The third kappa shape index (κ3) is 3.25. The number of benzene rings is 2. The first-order chi connectivity index (χ1) is 11.1. The molecule has 1 heterocycles. The highest BCUT2D eigenvalue weighted by molar-refractivity contribution is 7.09. The molecule has 5 nitrogen and oxygen atoms in total. The highest BCUT2D eigenvalue weighted by Crippen LogP contribution is 2.32. The van der Waals surface area contributed by atoms with Crippen molar-refractivity contribution in [1.82, 2.24) is 9.36 Å². The van der Waals surface area contributed by atoms with Crippen molar-refractivity contribution in [2.75, 3.05) is 0 Å². The van der Waals surface area contributed by atoms with Crippen LogP contribution in [0.25, 0.3) is 4.85 Å². The molecule has 0 aliphatic rings. The SMILES string of the molecule is Oc1ccc(Oc2ccccc2F)c(C#[N+]c2ncns2)c1F. The Kier molecular flexibility index (Phi) is 4.12. The maximum absolute atomic E-state index is 14.1. The Bertz CT molecular complexity index is 905. The molecule has 3 aromatic rings. The Morgan fingerprint density at radius 3 is 2.70 bits per heavy atom. The zero-order valence-corrected chi connectivity index (χ0v) is 12.2. The van der Waals surface area contributed by atoms with Crippen molar-refractivity contribution in [3.8, 4) is 23.3 Å². The van der Waals surface area contributed by atoms with Crippen molar-refractivity contribution >= 4 is 16.7 Å². The summed E-state index contributed by atoms with van der Waals surface area (Å²) in [5.41, 5.74) is -0.247. The lowest BCUT2D eigenvalue weighted by Gasteiger charge is -2.08. The first-order valence-electron chi connectivity index (χ1n) is 6.32. The zero-order chi connectivity index (χ0) is 16.2. The predicted molar refractivity (Wildman–Crippen MR) is 80.5 cm³/mol. The van der Waals surface area contributed by atoms with E-state index < -0.39 is 17.4 Å². The number of para-hydroxylation sites is 1. The third-order valence-corrected chi connectivity index (χ3v) is 3.31. The fourth-order valence-corrected chi connectivity index (χ4v) is 2.07. The molecule has 3 rings (SSSR count). The number of ether oxygens (including phenoxy) is 1. The van der Waals surface area contributed by atoms with Crippen molar-refractivity contribution in [2.45, 2.75) is 0 Å². The van der Waals surface area contributed by atoms with Crippen molar-refractivity contribution in [2.24, 2.45) is 0 Å². The standard InChI is InChI=1S/C15H7F2N3O2S/c16-10-3-1-2-4-13(10)22-12-6-5-11(21)14(17)9(12)7-18-15-19-8-20-23-15/h1-6,8H/p+1. The van der Waals surface area contributed by atoms with E-state index in [0.29, 0.717) is 0 Å². The fraction of sp³-hybridized carbons (Fsp3) is 0. The second-order valence-corrected chi connectivity index (χ2v) is 5.01. The van der Waals surface area contributed by atoms with E-state index in [-0.39, 0.29) is 22.2 Å². The molecule has 8 heteroatoms. The molecule has 0 aliphatic heterocycles. The van der Waals surface area contributed by atoms with Gasteiger partial charge in [-0.15, -0.1) is 9.22 Å². The molecule has 2 aromatic carbocycles. The van der Waals surface area contributed by atoms with Crippen LogP contribution in [-0.2, 0) is 0 Å². The monoisotopic (exact) mass is 332 g/mol. The van der Waals surface area contributed by atoms with Crippen LogP contribution < -0.4 is 4.74 Å². The van der Waals surface area contributed by atoms with E-state index in [4.69, 9.17) is 4.74 Å². The third-order valence-electron chi connectivity index (χ3n) is 2.75. The number of nitrogens with zero attached hydrogens (tertiary/aromatic N) is 3. The lowest BCUT2D eigenvalue weighted by Crippen LogP contribution is -1.94. The van der Waals surface area contributed by atoms with Crippen molar-refractivity contribution in [3.05, 3.63) is 64.8 Å².